The molecule has 0 saturated heterocycles. The van der Waals surface area contributed by atoms with Crippen molar-refractivity contribution >= 4 is 0 Å². The van der Waals surface area contributed by atoms with E-state index in [1.165, 1.54) is 5.56 Å². The van der Waals surface area contributed by atoms with Gasteiger partial charge in [0.25, 0.3) is 0 Å². The van der Waals surface area contributed by atoms with E-state index in [0.29, 0.717) is 0 Å². The molecule has 0 bridgehead atoms. The van der Waals surface area contributed by atoms with Gasteiger partial charge in [-0.3, -0.25) is 4.98 Å². The first kappa shape index (κ1) is 11.8. The molecule has 0 fully saturated rings. The van der Waals surface area contributed by atoms with Crippen LogP contribution in [0.5, 0.6) is 0 Å². The number of pyridine rings is 1. The van der Waals surface area contributed by atoms with E-state index in [2.05, 4.69) is 24.0 Å². The fraction of sp³-hybridized carbons (Fsp3) is 0.267. The van der Waals surface area contributed by atoms with Gasteiger partial charge in [0.15, 0.2) is 0 Å². The van der Waals surface area contributed by atoms with Crippen molar-refractivity contribution in [2.45, 2.75) is 25.3 Å². The van der Waals surface area contributed by atoms with Crippen molar-refractivity contribution in [3.63, 3.8) is 0 Å². The quantitative estimate of drug-likeness (QED) is 0.870. The Labute approximate surface area is 103 Å². The van der Waals surface area contributed by atoms with Gasteiger partial charge in [-0.1, -0.05) is 36.4 Å². The van der Waals surface area contributed by atoms with Crippen molar-refractivity contribution < 1.29 is 0 Å². The minimum atomic E-state index is -0.254. The van der Waals surface area contributed by atoms with Gasteiger partial charge in [-0.05, 0) is 31.0 Å². The molecular formula is C15H18N2. The zero-order chi connectivity index (χ0) is 12.1. The molecule has 2 N–H and O–H groups in total. The number of nitrogens with two attached hydrogens (primary N) is 1. The predicted molar refractivity (Wildman–Crippen MR) is 70.7 cm³/mol. The Kier molecular flexibility index (Phi) is 3.55. The molecule has 1 unspecified atom stereocenters. The van der Waals surface area contributed by atoms with Crippen LogP contribution < -0.4 is 5.73 Å². The van der Waals surface area contributed by atoms with E-state index < -0.39 is 0 Å². The summed E-state index contributed by atoms with van der Waals surface area (Å²) in [6.07, 6.45) is 3.47. The van der Waals surface area contributed by atoms with Gasteiger partial charge in [0, 0.05) is 23.9 Å². The average molecular weight is 226 g/mol. The highest BCUT2D eigenvalue weighted by Gasteiger charge is 2.20. The maximum Gasteiger partial charge on any atom is 0.0421 e. The summed E-state index contributed by atoms with van der Waals surface area (Å²) in [5.74, 6) is 0. The van der Waals surface area contributed by atoms with Crippen LogP contribution in [0.15, 0.2) is 54.7 Å². The third kappa shape index (κ3) is 3.68. The molecule has 0 aliphatic rings. The minimum Gasteiger partial charge on any atom is -0.325 e. The summed E-state index contributed by atoms with van der Waals surface area (Å²) in [7, 11) is 0. The topological polar surface area (TPSA) is 38.9 Å². The van der Waals surface area contributed by atoms with Crippen LogP contribution in [0.1, 0.15) is 18.2 Å². The number of aromatic nitrogens is 1. The third-order valence-electron chi connectivity index (χ3n) is 2.76. The largest absolute Gasteiger partial charge is 0.325 e. The van der Waals surface area contributed by atoms with Crippen LogP contribution in [0.25, 0.3) is 0 Å². The highest BCUT2D eigenvalue weighted by Crippen LogP contribution is 2.15. The summed E-state index contributed by atoms with van der Waals surface area (Å²) in [6.45, 7) is 2.08. The van der Waals surface area contributed by atoms with Crippen LogP contribution in [0, 0.1) is 0 Å². The summed E-state index contributed by atoms with van der Waals surface area (Å²) in [6, 6.07) is 16.3. The fourth-order valence-electron chi connectivity index (χ4n) is 2.04. The van der Waals surface area contributed by atoms with Crippen LogP contribution in [0.4, 0.5) is 0 Å². The summed E-state index contributed by atoms with van der Waals surface area (Å²) in [5.41, 5.74) is 8.41. The second-order valence-corrected chi connectivity index (χ2v) is 4.81. The van der Waals surface area contributed by atoms with Gasteiger partial charge in [0.05, 0.1) is 0 Å². The Morgan fingerprint density at radius 2 is 1.71 bits per heavy atom. The van der Waals surface area contributed by atoms with Crippen molar-refractivity contribution in [1.29, 1.82) is 0 Å². The molecule has 2 nitrogen and oxygen atoms in total. The van der Waals surface area contributed by atoms with Crippen LogP contribution in [0.2, 0.25) is 0 Å². The highest BCUT2D eigenvalue weighted by molar-refractivity contribution is 5.19. The summed E-state index contributed by atoms with van der Waals surface area (Å²) in [4.78, 5) is 4.33. The normalized spacial score (nSPS) is 14.2. The Bertz CT molecular complexity index is 405. The minimum absolute atomic E-state index is 0.254. The highest BCUT2D eigenvalue weighted by atomic mass is 14.8. The van der Waals surface area contributed by atoms with Crippen molar-refractivity contribution in [3.05, 3.63) is 66.0 Å². The molecule has 0 amide bonds. The standard InChI is InChI=1S/C15H18N2/c1-15(16,11-13-7-3-2-4-8-13)12-14-9-5-6-10-17-14/h2-10H,11-12,16H2,1H3. The molecule has 17 heavy (non-hydrogen) atoms. The van der Waals surface area contributed by atoms with Crippen LogP contribution in [-0.2, 0) is 12.8 Å². The first-order chi connectivity index (χ1) is 8.16. The summed E-state index contributed by atoms with van der Waals surface area (Å²) in [5, 5.41) is 0. The number of rotatable bonds is 4. The van der Waals surface area contributed by atoms with E-state index in [0.717, 1.165) is 18.5 Å². The van der Waals surface area contributed by atoms with E-state index in [1.54, 1.807) is 0 Å². The van der Waals surface area contributed by atoms with E-state index in [4.69, 9.17) is 5.73 Å². The molecule has 0 aliphatic carbocycles. The lowest BCUT2D eigenvalue weighted by molar-refractivity contribution is 0.458. The van der Waals surface area contributed by atoms with Crippen molar-refractivity contribution in [2.75, 3.05) is 0 Å². The smallest absolute Gasteiger partial charge is 0.0421 e. The molecule has 2 heteroatoms. The number of hydrogen-bond donors (Lipinski definition) is 1. The molecule has 1 heterocycles. The molecule has 1 aromatic carbocycles. The van der Waals surface area contributed by atoms with E-state index >= 15 is 0 Å². The summed E-state index contributed by atoms with van der Waals surface area (Å²) >= 11 is 0. The molecule has 1 aromatic heterocycles. The SMILES string of the molecule is CC(N)(Cc1ccccc1)Cc1ccccn1. The summed E-state index contributed by atoms with van der Waals surface area (Å²) < 4.78 is 0. The monoisotopic (exact) mass is 226 g/mol. The average Bonchev–Trinajstić information content (AvgIpc) is 2.30. The molecule has 0 spiro atoms. The lowest BCUT2D eigenvalue weighted by Crippen LogP contribution is -2.41. The molecule has 88 valence electrons. The number of benzene rings is 1. The lowest BCUT2D eigenvalue weighted by Gasteiger charge is -2.24. The molecular weight excluding hydrogens is 208 g/mol. The van der Waals surface area contributed by atoms with Gasteiger partial charge in [0.1, 0.15) is 0 Å². The van der Waals surface area contributed by atoms with Crippen LogP contribution in [0.3, 0.4) is 0 Å². The number of nitrogens with zero attached hydrogens (tertiary/aromatic N) is 1. The van der Waals surface area contributed by atoms with Crippen molar-refractivity contribution in [1.82, 2.24) is 4.98 Å². The van der Waals surface area contributed by atoms with E-state index in [-0.39, 0.29) is 5.54 Å². The maximum absolute atomic E-state index is 6.34. The van der Waals surface area contributed by atoms with Gasteiger partial charge in [-0.25, -0.2) is 0 Å². The molecule has 2 aromatic rings. The Hall–Kier alpha value is -1.67. The van der Waals surface area contributed by atoms with E-state index in [9.17, 15) is 0 Å². The third-order valence-corrected chi connectivity index (χ3v) is 2.76. The molecule has 0 saturated carbocycles. The van der Waals surface area contributed by atoms with Crippen LogP contribution >= 0.6 is 0 Å². The Morgan fingerprint density at radius 1 is 1.00 bits per heavy atom. The maximum atomic E-state index is 6.34. The van der Waals surface area contributed by atoms with Gasteiger partial charge in [-0.2, -0.15) is 0 Å². The Balaban J connectivity index is 2.04. The first-order valence-electron chi connectivity index (χ1n) is 5.88. The van der Waals surface area contributed by atoms with Gasteiger partial charge >= 0.3 is 0 Å². The van der Waals surface area contributed by atoms with E-state index in [1.807, 2.05) is 42.6 Å². The Morgan fingerprint density at radius 3 is 2.35 bits per heavy atom. The van der Waals surface area contributed by atoms with Crippen molar-refractivity contribution in [3.8, 4) is 0 Å². The molecule has 1 atom stereocenters. The van der Waals surface area contributed by atoms with Crippen LogP contribution in [-0.4, -0.2) is 10.5 Å². The second-order valence-electron chi connectivity index (χ2n) is 4.81. The molecule has 2 rings (SSSR count). The molecule has 0 aliphatic heterocycles. The van der Waals surface area contributed by atoms with Gasteiger partial charge < -0.3 is 5.73 Å². The number of hydrogen-bond acceptors (Lipinski definition) is 2. The van der Waals surface area contributed by atoms with Gasteiger partial charge in [-0.15, -0.1) is 0 Å². The van der Waals surface area contributed by atoms with Crippen molar-refractivity contribution in [2.24, 2.45) is 5.73 Å². The zero-order valence-corrected chi connectivity index (χ0v) is 10.1. The molecule has 0 radical (unpaired) electrons. The van der Waals surface area contributed by atoms with Gasteiger partial charge in [0.2, 0.25) is 0 Å². The predicted octanol–water partition coefficient (Wildman–Crippen LogP) is 2.58. The first-order valence-corrected chi connectivity index (χ1v) is 5.88. The zero-order valence-electron chi connectivity index (χ0n) is 10.1. The second kappa shape index (κ2) is 5.11. The fourth-order valence-corrected chi connectivity index (χ4v) is 2.04. The lowest BCUT2D eigenvalue weighted by atomic mass is 9.89.